The van der Waals surface area contributed by atoms with Gasteiger partial charge in [-0.15, -0.1) is 0 Å². The third kappa shape index (κ3) is 7.36. The van der Waals surface area contributed by atoms with Crippen LogP contribution in [0.3, 0.4) is 0 Å². The van der Waals surface area contributed by atoms with Crippen LogP contribution in [0.5, 0.6) is 5.88 Å². The van der Waals surface area contributed by atoms with E-state index in [0.717, 1.165) is 39.8 Å². The highest BCUT2D eigenvalue weighted by molar-refractivity contribution is 6.39. The van der Waals surface area contributed by atoms with Gasteiger partial charge in [0, 0.05) is 71.8 Å². The molecule has 3 N–H and O–H groups in total. The number of nitrogens with one attached hydrogen (secondary N) is 3. The molecule has 0 spiro atoms. The summed E-state index contributed by atoms with van der Waals surface area (Å²) in [5, 5.41) is 10.3. The molecule has 1 saturated heterocycles. The van der Waals surface area contributed by atoms with Crippen LogP contribution in [0.25, 0.3) is 39.2 Å². The topological polar surface area (TPSA) is 136 Å². The number of aryl methyl sites for hydroxylation is 1. The third-order valence-corrected chi connectivity index (χ3v) is 9.54. The van der Waals surface area contributed by atoms with Crippen LogP contribution in [0, 0.1) is 6.92 Å². The first-order valence-electron chi connectivity index (χ1n) is 16.1. The molecule has 1 fully saturated rings. The number of amides is 1. The van der Waals surface area contributed by atoms with E-state index in [4.69, 9.17) is 32.9 Å². The lowest BCUT2D eigenvalue weighted by Gasteiger charge is -2.16. The van der Waals surface area contributed by atoms with Crippen LogP contribution in [-0.4, -0.2) is 59.6 Å². The molecule has 1 amide bonds. The van der Waals surface area contributed by atoms with Gasteiger partial charge in [0.05, 0.1) is 42.1 Å². The Hall–Kier alpha value is -4.81. The molecule has 0 unspecified atom stereocenters. The summed E-state index contributed by atoms with van der Waals surface area (Å²) in [5.74, 6) is 0.151. The number of halogens is 2. The van der Waals surface area contributed by atoms with Gasteiger partial charge in [-0.2, -0.15) is 0 Å². The number of aromatic nitrogens is 3. The number of rotatable bonds is 12. The van der Waals surface area contributed by atoms with E-state index >= 15 is 0 Å². The van der Waals surface area contributed by atoms with Crippen molar-refractivity contribution in [3.05, 3.63) is 104 Å². The Morgan fingerprint density at radius 3 is 2.36 bits per heavy atom. The van der Waals surface area contributed by atoms with Crippen molar-refractivity contribution in [3.63, 3.8) is 0 Å². The number of ether oxygens (including phenoxy) is 2. The molecule has 6 rings (SSSR count). The number of hydrogen-bond acceptors (Lipinski definition) is 9. The van der Waals surface area contributed by atoms with Gasteiger partial charge in [-0.1, -0.05) is 65.7 Å². The molecule has 1 aliphatic rings. The van der Waals surface area contributed by atoms with Gasteiger partial charge < -0.3 is 25.4 Å². The molecule has 1 aliphatic heterocycles. The summed E-state index contributed by atoms with van der Waals surface area (Å²) >= 11 is 14.2. The molecule has 0 radical (unpaired) electrons. The summed E-state index contributed by atoms with van der Waals surface area (Å²) < 4.78 is 11.8. The molecule has 5 aromatic rings. The molecule has 1 atom stereocenters. The van der Waals surface area contributed by atoms with Crippen LogP contribution in [-0.2, 0) is 27.4 Å². The van der Waals surface area contributed by atoms with Crippen molar-refractivity contribution >= 4 is 40.7 Å². The monoisotopic (exact) mass is 714 g/mol. The molecule has 4 heterocycles. The zero-order valence-electron chi connectivity index (χ0n) is 27.8. The highest BCUT2D eigenvalue weighted by atomic mass is 35.5. The van der Waals surface area contributed by atoms with E-state index in [-0.39, 0.29) is 30.6 Å². The van der Waals surface area contributed by atoms with Gasteiger partial charge in [0.15, 0.2) is 0 Å². The lowest BCUT2D eigenvalue weighted by atomic mass is 9.97. The molecule has 0 bridgehead atoms. The van der Waals surface area contributed by atoms with E-state index < -0.39 is 5.97 Å². The molecular weight excluding hydrogens is 679 g/mol. The zero-order chi connectivity index (χ0) is 35.4. The number of carbonyl (C=O) groups excluding carboxylic acids is 2. The Morgan fingerprint density at radius 2 is 1.66 bits per heavy atom. The van der Waals surface area contributed by atoms with Crippen molar-refractivity contribution in [2.24, 2.45) is 0 Å². The van der Waals surface area contributed by atoms with Crippen LogP contribution >= 0.6 is 23.2 Å². The summed E-state index contributed by atoms with van der Waals surface area (Å²) in [4.78, 5) is 45.7. The lowest BCUT2D eigenvalue weighted by Crippen LogP contribution is -2.35. The fourth-order valence-corrected chi connectivity index (χ4v) is 6.72. The first-order valence-corrected chi connectivity index (χ1v) is 16.9. The minimum atomic E-state index is -0.420. The molecule has 0 aliphatic carbocycles. The maximum absolute atomic E-state index is 13.3. The van der Waals surface area contributed by atoms with Gasteiger partial charge in [0.25, 0.3) is 5.56 Å². The largest absolute Gasteiger partial charge is 0.481 e. The molecule has 0 saturated carbocycles. The number of pyridine rings is 2. The number of nitrogens with zero attached hydrogens (tertiary/aromatic N) is 3. The standard InChI is InChI=1S/C37H36Cl2N6O5/c1-21-29(19-41-20-33(47)49-2)37(48)45-15-14-22(16-31(45)42-21)25-6-4-7-26(34(25)38)27-8-5-9-28(35(27)39)30-12-10-23(36(44-30)50-3)17-40-18-24-11-13-32(46)43-24/h4-10,12,14-16,24,40-41H,11,13,17-20H2,1-3H3,(H,43,46)/t24-/m1/s1. The minimum absolute atomic E-state index is 0.0163. The van der Waals surface area contributed by atoms with Crippen molar-refractivity contribution in [2.75, 3.05) is 27.3 Å². The molecular formula is C37H36Cl2N6O5. The Kier molecular flexibility index (Phi) is 10.8. The van der Waals surface area contributed by atoms with Gasteiger partial charge in [-0.3, -0.25) is 18.8 Å². The average molecular weight is 716 g/mol. The van der Waals surface area contributed by atoms with Crippen molar-refractivity contribution in [2.45, 2.75) is 38.9 Å². The number of methoxy groups -OCH3 is 2. The first-order chi connectivity index (χ1) is 24.2. The highest BCUT2D eigenvalue weighted by Crippen LogP contribution is 2.42. The number of carbonyl (C=O) groups is 2. The zero-order valence-corrected chi connectivity index (χ0v) is 29.3. The van der Waals surface area contributed by atoms with E-state index in [1.165, 1.54) is 11.5 Å². The molecule has 11 nitrogen and oxygen atoms in total. The fraction of sp³-hybridized carbons (Fsp3) is 0.270. The summed E-state index contributed by atoms with van der Waals surface area (Å²) in [6.45, 7) is 3.12. The van der Waals surface area contributed by atoms with Gasteiger partial charge in [-0.05, 0) is 37.1 Å². The van der Waals surface area contributed by atoms with E-state index in [2.05, 4.69) is 25.7 Å². The average Bonchev–Trinajstić information content (AvgIpc) is 3.54. The Balaban J connectivity index is 1.26. The number of fused-ring (bicyclic) bond motifs is 1. The summed E-state index contributed by atoms with van der Waals surface area (Å²) in [6.07, 6.45) is 3.06. The predicted molar refractivity (Wildman–Crippen MR) is 193 cm³/mol. The fourth-order valence-electron chi connectivity index (χ4n) is 6.06. The van der Waals surface area contributed by atoms with Crippen molar-refractivity contribution < 1.29 is 19.1 Å². The van der Waals surface area contributed by atoms with E-state index in [9.17, 15) is 14.4 Å². The molecule has 13 heteroatoms. The van der Waals surface area contributed by atoms with E-state index in [1.54, 1.807) is 20.2 Å². The van der Waals surface area contributed by atoms with Crippen LogP contribution in [0.2, 0.25) is 10.0 Å². The highest BCUT2D eigenvalue weighted by Gasteiger charge is 2.21. The Bertz CT molecular complexity index is 2150. The van der Waals surface area contributed by atoms with Crippen molar-refractivity contribution in [1.29, 1.82) is 0 Å². The second-order valence-corrected chi connectivity index (χ2v) is 12.7. The quantitative estimate of drug-likeness (QED) is 0.146. The van der Waals surface area contributed by atoms with Crippen LogP contribution < -0.4 is 26.2 Å². The number of hydrogen-bond donors (Lipinski definition) is 3. The summed E-state index contributed by atoms with van der Waals surface area (Å²) in [7, 11) is 2.89. The molecule has 2 aromatic carbocycles. The second kappa shape index (κ2) is 15.4. The first kappa shape index (κ1) is 35.0. The van der Waals surface area contributed by atoms with E-state index in [1.807, 2.05) is 60.7 Å². The van der Waals surface area contributed by atoms with Crippen molar-refractivity contribution in [1.82, 2.24) is 30.3 Å². The smallest absolute Gasteiger partial charge is 0.319 e. The van der Waals surface area contributed by atoms with Gasteiger partial charge in [0.1, 0.15) is 5.65 Å². The third-order valence-electron chi connectivity index (χ3n) is 8.73. The van der Waals surface area contributed by atoms with Gasteiger partial charge >= 0.3 is 5.97 Å². The summed E-state index contributed by atoms with van der Waals surface area (Å²) in [5.41, 5.74) is 6.50. The second-order valence-electron chi connectivity index (χ2n) is 11.9. The number of benzene rings is 2. The molecule has 258 valence electrons. The SMILES string of the molecule is COC(=O)CNCc1c(C)nc2cc(-c3cccc(-c4cccc(-c5ccc(CNC[C@H]6CCC(=O)N6)c(OC)n5)c4Cl)c3Cl)ccn2c1=O. The van der Waals surface area contributed by atoms with Crippen LogP contribution in [0.4, 0.5) is 0 Å². The van der Waals surface area contributed by atoms with E-state index in [0.29, 0.717) is 58.0 Å². The Morgan fingerprint density at radius 1 is 0.940 bits per heavy atom. The Labute approximate surface area is 299 Å². The maximum Gasteiger partial charge on any atom is 0.319 e. The maximum atomic E-state index is 13.3. The molecule has 50 heavy (non-hydrogen) atoms. The summed E-state index contributed by atoms with van der Waals surface area (Å²) in [6, 6.07) is 19.1. The van der Waals surface area contributed by atoms with Crippen molar-refractivity contribution in [3.8, 4) is 39.4 Å². The van der Waals surface area contributed by atoms with Gasteiger partial charge in [-0.25, -0.2) is 9.97 Å². The minimum Gasteiger partial charge on any atom is -0.481 e. The lowest BCUT2D eigenvalue weighted by molar-refractivity contribution is -0.139. The number of esters is 1. The molecule has 3 aromatic heterocycles. The van der Waals surface area contributed by atoms with Gasteiger partial charge in [0.2, 0.25) is 11.8 Å². The predicted octanol–water partition coefficient (Wildman–Crippen LogP) is 5.35. The van der Waals surface area contributed by atoms with Crippen LogP contribution in [0.1, 0.15) is 29.7 Å². The van der Waals surface area contributed by atoms with Crippen LogP contribution in [0.15, 0.2) is 71.7 Å². The normalized spacial score (nSPS) is 14.2.